The van der Waals surface area contributed by atoms with Gasteiger partial charge in [-0.1, -0.05) is 12.2 Å². The van der Waals surface area contributed by atoms with Gasteiger partial charge in [-0.15, -0.1) is 0 Å². The first-order chi connectivity index (χ1) is 12.5. The predicted molar refractivity (Wildman–Crippen MR) is 90.1 cm³/mol. The van der Waals surface area contributed by atoms with Gasteiger partial charge in [-0.05, 0) is 17.7 Å². The van der Waals surface area contributed by atoms with Crippen LogP contribution in [0.1, 0.15) is 5.56 Å². The van der Waals surface area contributed by atoms with Gasteiger partial charge in [-0.3, -0.25) is 0 Å². The second-order valence-corrected chi connectivity index (χ2v) is 5.65. The molecule has 9 heteroatoms. The zero-order valence-electron chi connectivity index (χ0n) is 14.5. The first-order valence-electron chi connectivity index (χ1n) is 7.97. The fourth-order valence-electron chi connectivity index (χ4n) is 2.58. The molecule has 0 saturated carbocycles. The summed E-state index contributed by atoms with van der Waals surface area (Å²) < 4.78 is 21.6. The highest BCUT2D eigenvalue weighted by Crippen LogP contribution is 2.40. The van der Waals surface area contributed by atoms with Crippen molar-refractivity contribution in [2.45, 2.75) is 30.7 Å². The molecule has 5 atom stereocenters. The first-order valence-corrected chi connectivity index (χ1v) is 7.97. The number of aliphatic hydroxyl groups is 5. The van der Waals surface area contributed by atoms with Crippen molar-refractivity contribution in [1.29, 1.82) is 0 Å². The Hall–Kier alpha value is -1.88. The zero-order chi connectivity index (χ0) is 19.3. The minimum atomic E-state index is -1.56. The smallest absolute Gasteiger partial charge is 0.229 e. The summed E-state index contributed by atoms with van der Waals surface area (Å²) in [6, 6.07) is 3.24. The van der Waals surface area contributed by atoms with E-state index < -0.39 is 37.3 Å². The third-order valence-corrected chi connectivity index (χ3v) is 3.98. The lowest BCUT2D eigenvalue weighted by molar-refractivity contribution is -0.277. The van der Waals surface area contributed by atoms with Gasteiger partial charge in [0, 0.05) is 0 Å². The Morgan fingerprint density at radius 1 is 1.00 bits per heavy atom. The van der Waals surface area contributed by atoms with Crippen molar-refractivity contribution in [2.75, 3.05) is 27.4 Å². The second kappa shape index (κ2) is 9.17. The van der Waals surface area contributed by atoms with E-state index in [1.807, 2.05) is 0 Å². The quantitative estimate of drug-likeness (QED) is 0.403. The van der Waals surface area contributed by atoms with E-state index in [4.69, 9.17) is 24.1 Å². The van der Waals surface area contributed by atoms with Gasteiger partial charge in [0.05, 0.1) is 27.4 Å². The molecule has 0 radical (unpaired) electrons. The minimum absolute atomic E-state index is 0.112. The molecule has 0 bridgehead atoms. The molecule has 5 N–H and O–H groups in total. The van der Waals surface area contributed by atoms with Gasteiger partial charge in [0.1, 0.15) is 24.4 Å². The van der Waals surface area contributed by atoms with Crippen LogP contribution in [-0.4, -0.2) is 83.7 Å². The Morgan fingerprint density at radius 3 is 2.12 bits per heavy atom. The number of benzene rings is 1. The molecule has 1 heterocycles. The molecular weight excluding hydrogens is 348 g/mol. The Labute approximate surface area is 150 Å². The summed E-state index contributed by atoms with van der Waals surface area (Å²) >= 11 is 0. The van der Waals surface area contributed by atoms with E-state index in [9.17, 15) is 20.4 Å². The SMILES string of the molecule is COc1cc(/C=C\CO)cc(OC)c1O[C@H]1O[C@@H](CO)[C@@H](O)[C@@H](O)[C@H]1O. The predicted octanol–water partition coefficient (Wildman–Crippen LogP) is -1.11. The maximum atomic E-state index is 10.1. The number of rotatable bonds is 7. The van der Waals surface area contributed by atoms with E-state index in [0.29, 0.717) is 5.56 Å². The molecule has 1 aromatic rings. The zero-order valence-corrected chi connectivity index (χ0v) is 14.5. The van der Waals surface area contributed by atoms with Crippen LogP contribution in [0.15, 0.2) is 18.2 Å². The van der Waals surface area contributed by atoms with Gasteiger partial charge in [0.15, 0.2) is 11.5 Å². The van der Waals surface area contributed by atoms with Crippen LogP contribution in [0.4, 0.5) is 0 Å². The molecule has 146 valence electrons. The molecule has 0 unspecified atom stereocenters. The van der Waals surface area contributed by atoms with Crippen molar-refractivity contribution in [3.63, 3.8) is 0 Å². The molecular formula is C17H24O9. The average molecular weight is 372 g/mol. The maximum Gasteiger partial charge on any atom is 0.229 e. The second-order valence-electron chi connectivity index (χ2n) is 5.65. The first kappa shape index (κ1) is 20.4. The summed E-state index contributed by atoms with van der Waals surface area (Å²) in [6.45, 7) is -0.697. The lowest BCUT2D eigenvalue weighted by Gasteiger charge is -2.39. The van der Waals surface area contributed by atoms with Crippen LogP contribution in [0.3, 0.4) is 0 Å². The largest absolute Gasteiger partial charge is 0.493 e. The molecule has 0 aromatic heterocycles. The fourth-order valence-corrected chi connectivity index (χ4v) is 2.58. The summed E-state index contributed by atoms with van der Waals surface area (Å²) in [5.41, 5.74) is 0.675. The van der Waals surface area contributed by atoms with Gasteiger partial charge in [0.25, 0.3) is 0 Å². The Kier molecular flexibility index (Phi) is 7.21. The molecule has 1 saturated heterocycles. The van der Waals surface area contributed by atoms with Gasteiger partial charge < -0.3 is 44.5 Å². The van der Waals surface area contributed by atoms with E-state index in [1.165, 1.54) is 20.3 Å². The molecule has 1 fully saturated rings. The highest BCUT2D eigenvalue weighted by molar-refractivity contribution is 5.62. The molecule has 2 rings (SSSR count). The summed E-state index contributed by atoms with van der Waals surface area (Å²) in [4.78, 5) is 0. The van der Waals surface area contributed by atoms with Crippen LogP contribution in [0.5, 0.6) is 17.2 Å². The summed E-state index contributed by atoms with van der Waals surface area (Å²) in [5, 5.41) is 48.0. The Bertz CT molecular complexity index is 591. The minimum Gasteiger partial charge on any atom is -0.493 e. The van der Waals surface area contributed by atoms with E-state index in [-0.39, 0.29) is 23.9 Å². The molecule has 9 nitrogen and oxygen atoms in total. The molecule has 26 heavy (non-hydrogen) atoms. The third kappa shape index (κ3) is 4.26. The monoisotopic (exact) mass is 372 g/mol. The van der Waals surface area contributed by atoms with E-state index in [0.717, 1.165) is 0 Å². The van der Waals surface area contributed by atoms with E-state index in [2.05, 4.69) is 0 Å². The summed E-state index contributed by atoms with van der Waals surface area (Å²) in [6.07, 6.45) is -3.88. The van der Waals surface area contributed by atoms with Crippen molar-refractivity contribution < 1.29 is 44.5 Å². The van der Waals surface area contributed by atoms with Crippen molar-refractivity contribution in [1.82, 2.24) is 0 Å². The molecule has 0 amide bonds. The van der Waals surface area contributed by atoms with E-state index in [1.54, 1.807) is 18.2 Å². The number of hydrogen-bond acceptors (Lipinski definition) is 9. The molecule has 0 spiro atoms. The Balaban J connectivity index is 2.33. The van der Waals surface area contributed by atoms with Crippen LogP contribution >= 0.6 is 0 Å². The van der Waals surface area contributed by atoms with Crippen molar-refractivity contribution in [3.8, 4) is 17.2 Å². The highest BCUT2D eigenvalue weighted by atomic mass is 16.7. The summed E-state index contributed by atoms with van der Waals surface area (Å²) in [7, 11) is 2.82. The maximum absolute atomic E-state index is 10.1. The standard InChI is InChI=1S/C17H24O9/c1-23-10-6-9(4-3-5-18)7-11(24-2)16(10)26-17-15(22)14(21)13(20)12(8-19)25-17/h3-4,6-7,12-15,17-22H,5,8H2,1-2H3/b4-3-/t12-,13+,14+,15+,17+/m0/s1. The number of hydrogen-bond donors (Lipinski definition) is 5. The van der Waals surface area contributed by atoms with Gasteiger partial charge in [-0.25, -0.2) is 0 Å². The van der Waals surface area contributed by atoms with Gasteiger partial charge in [0.2, 0.25) is 12.0 Å². The van der Waals surface area contributed by atoms with Gasteiger partial charge in [-0.2, -0.15) is 0 Å². The molecule has 1 aliphatic heterocycles. The highest BCUT2D eigenvalue weighted by Gasteiger charge is 2.45. The van der Waals surface area contributed by atoms with Crippen molar-refractivity contribution in [3.05, 3.63) is 23.8 Å². The van der Waals surface area contributed by atoms with Gasteiger partial charge >= 0.3 is 0 Å². The molecule has 1 aromatic carbocycles. The van der Waals surface area contributed by atoms with Crippen molar-refractivity contribution in [2.24, 2.45) is 0 Å². The number of aliphatic hydroxyl groups excluding tert-OH is 5. The summed E-state index contributed by atoms with van der Waals surface area (Å²) in [5.74, 6) is 0.637. The Morgan fingerprint density at radius 2 is 1.62 bits per heavy atom. The number of methoxy groups -OCH3 is 2. The lowest BCUT2D eigenvalue weighted by Crippen LogP contribution is -2.60. The molecule has 1 aliphatic rings. The van der Waals surface area contributed by atoms with Crippen LogP contribution in [0.25, 0.3) is 6.08 Å². The number of ether oxygens (including phenoxy) is 4. The average Bonchev–Trinajstić information content (AvgIpc) is 2.66. The van der Waals surface area contributed by atoms with Crippen LogP contribution in [-0.2, 0) is 4.74 Å². The van der Waals surface area contributed by atoms with Crippen LogP contribution in [0.2, 0.25) is 0 Å². The normalized spacial score (nSPS) is 29.0. The van der Waals surface area contributed by atoms with Crippen LogP contribution < -0.4 is 14.2 Å². The fraction of sp³-hybridized carbons (Fsp3) is 0.529. The third-order valence-electron chi connectivity index (χ3n) is 3.98. The lowest BCUT2D eigenvalue weighted by atomic mass is 9.99. The van der Waals surface area contributed by atoms with E-state index >= 15 is 0 Å². The van der Waals surface area contributed by atoms with Crippen LogP contribution in [0, 0.1) is 0 Å². The van der Waals surface area contributed by atoms with Crippen molar-refractivity contribution >= 4 is 6.08 Å². The topological polar surface area (TPSA) is 138 Å². The molecule has 0 aliphatic carbocycles.